The Bertz CT molecular complexity index is 1120. The molecule has 0 aliphatic rings. The first-order chi connectivity index (χ1) is 12.7. The molecule has 0 aliphatic carbocycles. The van der Waals surface area contributed by atoms with Gasteiger partial charge in [0.25, 0.3) is 0 Å². The zero-order valence-electron chi connectivity index (χ0n) is 14.5. The molecule has 0 radical (unpaired) electrons. The van der Waals surface area contributed by atoms with Crippen molar-refractivity contribution in [2.45, 2.75) is 17.8 Å². The maximum Gasteiger partial charge on any atom is 0.169 e. The number of fused-ring (bicyclic) bond motifs is 1. The standard InChI is InChI=1S/C20H17N5S/c1-14-16(12-21)19(25(23-14)15-8-4-3-5-9-15)13-26-20-22-17-10-6-7-11-18(17)24(20)2/h3-11H,13H2,1-2H3. The van der Waals surface area contributed by atoms with Gasteiger partial charge in [-0.25, -0.2) is 9.67 Å². The van der Waals surface area contributed by atoms with Gasteiger partial charge in [-0.15, -0.1) is 0 Å². The lowest BCUT2D eigenvalue weighted by atomic mass is 10.2. The molecule has 0 N–H and O–H groups in total. The smallest absolute Gasteiger partial charge is 0.169 e. The molecule has 26 heavy (non-hydrogen) atoms. The van der Waals surface area contributed by atoms with Gasteiger partial charge in [0.05, 0.1) is 33.7 Å². The number of para-hydroxylation sites is 3. The van der Waals surface area contributed by atoms with E-state index in [0.717, 1.165) is 33.3 Å². The van der Waals surface area contributed by atoms with Gasteiger partial charge in [0.1, 0.15) is 6.07 Å². The summed E-state index contributed by atoms with van der Waals surface area (Å²) in [5, 5.41) is 15.1. The molecule has 0 amide bonds. The summed E-state index contributed by atoms with van der Waals surface area (Å²) in [4.78, 5) is 4.71. The van der Waals surface area contributed by atoms with Crippen molar-refractivity contribution in [3.63, 3.8) is 0 Å². The number of rotatable bonds is 4. The Morgan fingerprint density at radius 3 is 2.54 bits per heavy atom. The van der Waals surface area contributed by atoms with Crippen LogP contribution in [0.25, 0.3) is 16.7 Å². The molecule has 0 aliphatic heterocycles. The van der Waals surface area contributed by atoms with E-state index in [2.05, 4.69) is 21.8 Å². The minimum absolute atomic E-state index is 0.621. The Labute approximate surface area is 155 Å². The van der Waals surface area contributed by atoms with Crippen LogP contribution in [0.3, 0.4) is 0 Å². The third kappa shape index (κ3) is 2.76. The second-order valence-electron chi connectivity index (χ2n) is 6.00. The molecule has 0 spiro atoms. The van der Waals surface area contributed by atoms with Crippen molar-refractivity contribution in [1.82, 2.24) is 19.3 Å². The van der Waals surface area contributed by atoms with Crippen molar-refractivity contribution in [2.75, 3.05) is 0 Å². The molecule has 0 saturated carbocycles. The average Bonchev–Trinajstić information content (AvgIpc) is 3.17. The van der Waals surface area contributed by atoms with Crippen LogP contribution in [0.2, 0.25) is 0 Å². The zero-order chi connectivity index (χ0) is 18.1. The van der Waals surface area contributed by atoms with Crippen LogP contribution in [0, 0.1) is 18.3 Å². The zero-order valence-corrected chi connectivity index (χ0v) is 15.4. The van der Waals surface area contributed by atoms with Gasteiger partial charge in [0.2, 0.25) is 0 Å². The lowest BCUT2D eigenvalue weighted by molar-refractivity contribution is 0.807. The fourth-order valence-corrected chi connectivity index (χ4v) is 4.01. The van der Waals surface area contributed by atoms with Crippen molar-refractivity contribution >= 4 is 22.8 Å². The van der Waals surface area contributed by atoms with Crippen molar-refractivity contribution in [2.24, 2.45) is 7.05 Å². The number of aromatic nitrogens is 4. The normalized spacial score (nSPS) is 11.0. The summed E-state index contributed by atoms with van der Waals surface area (Å²) in [6.07, 6.45) is 0. The van der Waals surface area contributed by atoms with Gasteiger partial charge in [-0.3, -0.25) is 0 Å². The molecular weight excluding hydrogens is 342 g/mol. The molecule has 5 nitrogen and oxygen atoms in total. The van der Waals surface area contributed by atoms with Gasteiger partial charge >= 0.3 is 0 Å². The first kappa shape index (κ1) is 16.4. The summed E-state index contributed by atoms with van der Waals surface area (Å²) in [5.74, 6) is 0.621. The van der Waals surface area contributed by atoms with Crippen LogP contribution in [0.1, 0.15) is 17.0 Å². The van der Waals surface area contributed by atoms with Crippen molar-refractivity contribution < 1.29 is 0 Å². The maximum atomic E-state index is 9.59. The van der Waals surface area contributed by atoms with E-state index in [4.69, 9.17) is 4.98 Å². The Morgan fingerprint density at radius 1 is 1.08 bits per heavy atom. The van der Waals surface area contributed by atoms with Gasteiger partial charge < -0.3 is 4.57 Å². The molecule has 0 fully saturated rings. The van der Waals surface area contributed by atoms with E-state index < -0.39 is 0 Å². The summed E-state index contributed by atoms with van der Waals surface area (Å²) < 4.78 is 3.95. The predicted octanol–water partition coefficient (Wildman–Crippen LogP) is 4.23. The van der Waals surface area contributed by atoms with Crippen molar-refractivity contribution in [1.29, 1.82) is 5.26 Å². The van der Waals surface area contributed by atoms with Crippen LogP contribution in [0.4, 0.5) is 0 Å². The van der Waals surface area contributed by atoms with Crippen LogP contribution >= 0.6 is 11.8 Å². The third-order valence-electron chi connectivity index (χ3n) is 4.35. The summed E-state index contributed by atoms with van der Waals surface area (Å²) in [7, 11) is 2.02. The van der Waals surface area contributed by atoms with E-state index in [1.165, 1.54) is 0 Å². The van der Waals surface area contributed by atoms with Crippen molar-refractivity contribution in [3.8, 4) is 11.8 Å². The highest BCUT2D eigenvalue weighted by Crippen LogP contribution is 2.28. The number of aryl methyl sites for hydroxylation is 2. The minimum atomic E-state index is 0.621. The highest BCUT2D eigenvalue weighted by Gasteiger charge is 2.18. The van der Waals surface area contributed by atoms with Crippen LogP contribution < -0.4 is 0 Å². The maximum absolute atomic E-state index is 9.59. The van der Waals surface area contributed by atoms with E-state index in [-0.39, 0.29) is 0 Å². The number of thioether (sulfide) groups is 1. The number of hydrogen-bond donors (Lipinski definition) is 0. The van der Waals surface area contributed by atoms with E-state index in [1.807, 2.05) is 67.2 Å². The summed E-state index contributed by atoms with van der Waals surface area (Å²) in [5.41, 5.74) is 5.32. The quantitative estimate of drug-likeness (QED) is 0.512. The van der Waals surface area contributed by atoms with E-state index >= 15 is 0 Å². The highest BCUT2D eigenvalue weighted by molar-refractivity contribution is 7.98. The van der Waals surface area contributed by atoms with E-state index in [9.17, 15) is 5.26 Å². The first-order valence-electron chi connectivity index (χ1n) is 8.27. The second kappa shape index (κ2) is 6.70. The molecule has 2 aromatic heterocycles. The second-order valence-corrected chi connectivity index (χ2v) is 6.94. The van der Waals surface area contributed by atoms with Crippen molar-refractivity contribution in [3.05, 3.63) is 71.5 Å². The average molecular weight is 359 g/mol. The van der Waals surface area contributed by atoms with Crippen LogP contribution in [-0.2, 0) is 12.8 Å². The SMILES string of the molecule is Cc1nn(-c2ccccc2)c(CSc2nc3ccccc3n2C)c1C#N. The number of nitrogens with zero attached hydrogens (tertiary/aromatic N) is 5. The van der Waals surface area contributed by atoms with E-state index in [0.29, 0.717) is 11.3 Å². The third-order valence-corrected chi connectivity index (χ3v) is 5.39. The molecular formula is C20H17N5S. The van der Waals surface area contributed by atoms with Crippen LogP contribution in [0.15, 0.2) is 59.8 Å². The molecule has 4 rings (SSSR count). The Hall–Kier alpha value is -3.04. The number of nitriles is 1. The molecule has 0 unspecified atom stereocenters. The van der Waals surface area contributed by atoms with Crippen LogP contribution in [-0.4, -0.2) is 19.3 Å². The topological polar surface area (TPSA) is 59.4 Å². The Balaban J connectivity index is 1.72. The molecule has 2 aromatic carbocycles. The Kier molecular flexibility index (Phi) is 4.23. The lowest BCUT2D eigenvalue weighted by Gasteiger charge is -2.08. The number of imidazole rings is 1. The van der Waals surface area contributed by atoms with Gasteiger partial charge in [0.15, 0.2) is 5.16 Å². The van der Waals surface area contributed by atoms with Gasteiger partial charge in [-0.2, -0.15) is 10.4 Å². The summed E-state index contributed by atoms with van der Waals surface area (Å²) >= 11 is 1.62. The summed E-state index contributed by atoms with van der Waals surface area (Å²) in [6, 6.07) is 20.3. The number of hydrogen-bond acceptors (Lipinski definition) is 4. The largest absolute Gasteiger partial charge is 0.322 e. The Morgan fingerprint density at radius 2 is 1.81 bits per heavy atom. The minimum Gasteiger partial charge on any atom is -0.322 e. The predicted molar refractivity (Wildman–Crippen MR) is 103 cm³/mol. The molecule has 0 bridgehead atoms. The molecule has 6 heteroatoms. The lowest BCUT2D eigenvalue weighted by Crippen LogP contribution is -2.02. The molecule has 128 valence electrons. The van der Waals surface area contributed by atoms with Gasteiger partial charge in [-0.05, 0) is 31.2 Å². The van der Waals surface area contributed by atoms with Crippen LogP contribution in [0.5, 0.6) is 0 Å². The van der Waals surface area contributed by atoms with E-state index in [1.54, 1.807) is 11.8 Å². The monoisotopic (exact) mass is 359 g/mol. The summed E-state index contributed by atoms with van der Waals surface area (Å²) in [6.45, 7) is 1.88. The van der Waals surface area contributed by atoms with Gasteiger partial charge in [0, 0.05) is 12.8 Å². The fraction of sp³-hybridized carbons (Fsp3) is 0.150. The molecule has 2 heterocycles. The molecule has 4 aromatic rings. The highest BCUT2D eigenvalue weighted by atomic mass is 32.2. The molecule has 0 saturated heterocycles. The molecule has 0 atom stereocenters. The fourth-order valence-electron chi connectivity index (χ4n) is 3.02. The number of benzene rings is 2. The van der Waals surface area contributed by atoms with Gasteiger partial charge in [-0.1, -0.05) is 42.1 Å². The first-order valence-corrected chi connectivity index (χ1v) is 9.26.